The van der Waals surface area contributed by atoms with Gasteiger partial charge in [0.15, 0.2) is 11.7 Å². The van der Waals surface area contributed by atoms with Crippen LogP contribution < -0.4 is 5.32 Å². The van der Waals surface area contributed by atoms with Crippen LogP contribution in [-0.2, 0) is 16.6 Å². The summed E-state index contributed by atoms with van der Waals surface area (Å²) in [5.74, 6) is -2.27. The number of nitrogens with one attached hydrogen (secondary N) is 1. The molecule has 0 unspecified atom stereocenters. The maximum Gasteiger partial charge on any atom is 0.245 e. The van der Waals surface area contributed by atoms with Crippen LogP contribution in [0.25, 0.3) is 6.08 Å². The number of nitriles is 1. The zero-order valence-corrected chi connectivity index (χ0v) is 14.5. The van der Waals surface area contributed by atoms with Gasteiger partial charge in [-0.3, -0.25) is 14.3 Å². The second kappa shape index (κ2) is 7.91. The van der Waals surface area contributed by atoms with Gasteiger partial charge in [0.05, 0.1) is 11.8 Å². The Hall–Kier alpha value is -2.42. The number of amides is 1. The molecule has 1 fully saturated rings. The Bertz CT molecular complexity index is 691. The van der Waals surface area contributed by atoms with Gasteiger partial charge in [0, 0.05) is 24.3 Å². The number of carbonyl (C=O) groups is 2. The highest BCUT2D eigenvalue weighted by molar-refractivity contribution is 6.10. The zero-order valence-electron chi connectivity index (χ0n) is 14.5. The quantitative estimate of drug-likeness (QED) is 0.663. The minimum Gasteiger partial charge on any atom is -0.352 e. The molecule has 0 bridgehead atoms. The van der Waals surface area contributed by atoms with Gasteiger partial charge in [-0.15, -0.1) is 0 Å². The molecule has 6 heteroatoms. The van der Waals surface area contributed by atoms with Crippen molar-refractivity contribution in [3.63, 3.8) is 0 Å². The van der Waals surface area contributed by atoms with Crippen molar-refractivity contribution in [2.24, 2.45) is 13.0 Å². The number of aromatic nitrogens is 2. The molecular weight excluding hydrogens is 304 g/mol. The van der Waals surface area contributed by atoms with E-state index in [0.717, 1.165) is 42.6 Å². The van der Waals surface area contributed by atoms with Crippen LogP contribution in [0.15, 0.2) is 6.08 Å². The van der Waals surface area contributed by atoms with Crippen LogP contribution in [0.3, 0.4) is 0 Å². The van der Waals surface area contributed by atoms with Crippen molar-refractivity contribution in [1.29, 1.82) is 5.26 Å². The van der Waals surface area contributed by atoms with Crippen molar-refractivity contribution < 1.29 is 9.59 Å². The maximum absolute atomic E-state index is 12.3. The standard InChI is InChI=1S/C18H24N4O2/c1-12-15(13(2)22(3)21-12)9-10-17(23)16(11-19)18(24)20-14-7-5-4-6-8-14/h9-10,14,16H,4-8H2,1-3H3,(H,20,24)/b10-9-/t16-/m1/s1. The lowest BCUT2D eigenvalue weighted by Gasteiger charge is -2.23. The van der Waals surface area contributed by atoms with Gasteiger partial charge in [-0.2, -0.15) is 10.4 Å². The van der Waals surface area contributed by atoms with Crippen molar-refractivity contribution in [3.05, 3.63) is 23.0 Å². The number of nitrogens with zero attached hydrogens (tertiary/aromatic N) is 3. The van der Waals surface area contributed by atoms with Crippen LogP contribution >= 0.6 is 0 Å². The Morgan fingerprint density at radius 3 is 2.54 bits per heavy atom. The maximum atomic E-state index is 12.3. The van der Waals surface area contributed by atoms with E-state index >= 15 is 0 Å². The second-order valence-corrected chi connectivity index (χ2v) is 6.35. The molecule has 1 aromatic rings. The summed E-state index contributed by atoms with van der Waals surface area (Å²) in [6.45, 7) is 3.76. The van der Waals surface area contributed by atoms with Gasteiger partial charge in [0.25, 0.3) is 0 Å². The monoisotopic (exact) mass is 328 g/mol. The smallest absolute Gasteiger partial charge is 0.245 e. The van der Waals surface area contributed by atoms with Crippen molar-refractivity contribution in [2.45, 2.75) is 52.0 Å². The second-order valence-electron chi connectivity index (χ2n) is 6.35. The van der Waals surface area contributed by atoms with E-state index in [9.17, 15) is 14.9 Å². The van der Waals surface area contributed by atoms with Crippen molar-refractivity contribution in [3.8, 4) is 6.07 Å². The van der Waals surface area contributed by atoms with Crippen molar-refractivity contribution in [1.82, 2.24) is 15.1 Å². The molecule has 1 aliphatic rings. The number of ketones is 1. The summed E-state index contributed by atoms with van der Waals surface area (Å²) in [5, 5.41) is 16.3. The summed E-state index contributed by atoms with van der Waals surface area (Å²) >= 11 is 0. The fourth-order valence-electron chi connectivity index (χ4n) is 3.08. The van der Waals surface area contributed by atoms with Gasteiger partial charge in [-0.1, -0.05) is 19.3 Å². The lowest BCUT2D eigenvalue weighted by molar-refractivity contribution is -0.130. The normalized spacial score (nSPS) is 16.8. The minimum atomic E-state index is -1.29. The van der Waals surface area contributed by atoms with Gasteiger partial charge < -0.3 is 5.32 Å². The molecule has 0 aromatic carbocycles. The van der Waals surface area contributed by atoms with Gasteiger partial charge in [-0.05, 0) is 38.8 Å². The Balaban J connectivity index is 2.04. The molecule has 1 aromatic heterocycles. The fraction of sp³-hybridized carbons (Fsp3) is 0.556. The summed E-state index contributed by atoms with van der Waals surface area (Å²) in [7, 11) is 1.83. The third-order valence-electron chi connectivity index (χ3n) is 4.61. The molecule has 6 nitrogen and oxygen atoms in total. The molecule has 0 radical (unpaired) electrons. The van der Waals surface area contributed by atoms with E-state index in [1.807, 2.05) is 27.0 Å². The number of allylic oxidation sites excluding steroid dienone is 1. The average molecular weight is 328 g/mol. The third-order valence-corrected chi connectivity index (χ3v) is 4.61. The highest BCUT2D eigenvalue weighted by atomic mass is 16.2. The van der Waals surface area contributed by atoms with E-state index in [1.165, 1.54) is 12.5 Å². The first-order valence-corrected chi connectivity index (χ1v) is 8.36. The zero-order chi connectivity index (χ0) is 17.7. The molecule has 1 saturated carbocycles. The van der Waals surface area contributed by atoms with Crippen LogP contribution in [0.1, 0.15) is 49.1 Å². The highest BCUT2D eigenvalue weighted by Crippen LogP contribution is 2.18. The van der Waals surface area contributed by atoms with E-state index in [-0.39, 0.29) is 6.04 Å². The average Bonchev–Trinajstić information content (AvgIpc) is 2.79. The Morgan fingerprint density at radius 1 is 1.33 bits per heavy atom. The molecule has 0 saturated heterocycles. The molecule has 1 N–H and O–H groups in total. The van der Waals surface area contributed by atoms with E-state index in [0.29, 0.717) is 0 Å². The van der Waals surface area contributed by atoms with E-state index in [2.05, 4.69) is 10.4 Å². The molecule has 0 aliphatic heterocycles. The van der Waals surface area contributed by atoms with E-state index in [4.69, 9.17) is 0 Å². The summed E-state index contributed by atoms with van der Waals surface area (Å²) in [4.78, 5) is 24.5. The largest absolute Gasteiger partial charge is 0.352 e. The van der Waals surface area contributed by atoms with Crippen LogP contribution in [0.2, 0.25) is 0 Å². The molecular formula is C18H24N4O2. The van der Waals surface area contributed by atoms with Crippen LogP contribution in [0.5, 0.6) is 0 Å². The molecule has 1 atom stereocenters. The highest BCUT2D eigenvalue weighted by Gasteiger charge is 2.27. The predicted octanol–water partition coefficient (Wildman–Crippen LogP) is 2.21. The number of hydrogen-bond acceptors (Lipinski definition) is 4. The van der Waals surface area contributed by atoms with Crippen molar-refractivity contribution >= 4 is 17.8 Å². The molecule has 1 heterocycles. The van der Waals surface area contributed by atoms with E-state index in [1.54, 1.807) is 10.8 Å². The SMILES string of the molecule is Cc1nn(C)c(C)c1/C=C\C(=O)[C@@H](C#N)C(=O)NC1CCCCC1. The van der Waals surface area contributed by atoms with Gasteiger partial charge >= 0.3 is 0 Å². The summed E-state index contributed by atoms with van der Waals surface area (Å²) in [6.07, 6.45) is 8.12. The number of carbonyl (C=O) groups excluding carboxylic acids is 2. The van der Waals surface area contributed by atoms with E-state index < -0.39 is 17.6 Å². The first kappa shape index (κ1) is 17.9. The van der Waals surface area contributed by atoms with Crippen molar-refractivity contribution in [2.75, 3.05) is 0 Å². The van der Waals surface area contributed by atoms with Crippen LogP contribution in [-0.4, -0.2) is 27.5 Å². The molecule has 1 aliphatic carbocycles. The summed E-state index contributed by atoms with van der Waals surface area (Å²) in [6, 6.07) is 1.91. The molecule has 2 rings (SSSR count). The lowest BCUT2D eigenvalue weighted by atomic mass is 9.94. The van der Waals surface area contributed by atoms with Gasteiger partial charge in [-0.25, -0.2) is 0 Å². The molecule has 24 heavy (non-hydrogen) atoms. The predicted molar refractivity (Wildman–Crippen MR) is 90.8 cm³/mol. The third kappa shape index (κ3) is 4.10. The number of aryl methyl sites for hydroxylation is 2. The molecule has 0 spiro atoms. The minimum absolute atomic E-state index is 0.0849. The first-order valence-electron chi connectivity index (χ1n) is 8.36. The topological polar surface area (TPSA) is 87.8 Å². The first-order chi connectivity index (χ1) is 11.4. The Labute approximate surface area is 142 Å². The lowest BCUT2D eigenvalue weighted by Crippen LogP contribution is -2.41. The summed E-state index contributed by atoms with van der Waals surface area (Å²) in [5.41, 5.74) is 2.58. The van der Waals surface area contributed by atoms with Gasteiger partial charge in [0.1, 0.15) is 0 Å². The fourth-order valence-corrected chi connectivity index (χ4v) is 3.08. The number of rotatable bonds is 5. The Kier molecular flexibility index (Phi) is 5.91. The molecule has 128 valence electrons. The Morgan fingerprint density at radius 2 is 2.00 bits per heavy atom. The molecule has 1 amide bonds. The van der Waals surface area contributed by atoms with Gasteiger partial charge in [0.2, 0.25) is 5.91 Å². The van der Waals surface area contributed by atoms with Crippen LogP contribution in [0.4, 0.5) is 0 Å². The number of hydrogen-bond donors (Lipinski definition) is 1. The summed E-state index contributed by atoms with van der Waals surface area (Å²) < 4.78 is 1.73. The van der Waals surface area contributed by atoms with Crippen LogP contribution in [0, 0.1) is 31.1 Å².